The summed E-state index contributed by atoms with van der Waals surface area (Å²) in [6, 6.07) is 3.86. The molecule has 0 radical (unpaired) electrons. The van der Waals surface area contributed by atoms with Crippen molar-refractivity contribution in [2.45, 2.75) is 13.3 Å². The number of Topliss-reactive ketones (excluding diaryl/α,β-unsaturated/α-hetero) is 1. The topological polar surface area (TPSA) is 44.8 Å². The van der Waals surface area contributed by atoms with Gasteiger partial charge in [-0.1, -0.05) is 6.92 Å². The molecule has 0 spiro atoms. The van der Waals surface area contributed by atoms with Gasteiger partial charge in [0.25, 0.3) is 0 Å². The molecule has 0 fully saturated rings. The maximum Gasteiger partial charge on any atom is 0.198 e. The second-order valence-corrected chi connectivity index (χ2v) is 4.87. The van der Waals surface area contributed by atoms with E-state index in [0.29, 0.717) is 26.4 Å². The molecule has 0 saturated carbocycles. The molecular formula is C13H20O4S. The summed E-state index contributed by atoms with van der Waals surface area (Å²) in [6.45, 7) is 4.25. The summed E-state index contributed by atoms with van der Waals surface area (Å²) in [5.74, 6) is 0.0385. The van der Waals surface area contributed by atoms with Gasteiger partial charge in [0.2, 0.25) is 0 Å². The molecule has 0 N–H and O–H groups in total. The number of thiophene rings is 1. The Bertz CT molecular complexity index is 349. The Hall–Kier alpha value is -0.750. The molecule has 1 heterocycles. The minimum absolute atomic E-state index is 0.0385. The molecular weight excluding hydrogens is 252 g/mol. The molecule has 0 unspecified atom stereocenters. The van der Waals surface area contributed by atoms with Crippen LogP contribution in [-0.2, 0) is 20.6 Å². The fraction of sp³-hybridized carbons (Fsp3) is 0.615. The molecule has 0 aliphatic heterocycles. The van der Waals surface area contributed by atoms with Gasteiger partial charge < -0.3 is 14.2 Å². The molecule has 0 aliphatic rings. The highest BCUT2D eigenvalue weighted by atomic mass is 32.1. The Balaban J connectivity index is 2.10. The summed E-state index contributed by atoms with van der Waals surface area (Å²) in [7, 11) is 1.63. The van der Waals surface area contributed by atoms with Crippen LogP contribution in [0, 0.1) is 0 Å². The highest BCUT2D eigenvalue weighted by Gasteiger charge is 2.08. The molecule has 0 amide bonds. The molecule has 0 atom stereocenters. The number of ether oxygens (including phenoxy) is 3. The molecule has 0 bridgehead atoms. The van der Waals surface area contributed by atoms with E-state index in [9.17, 15) is 4.79 Å². The van der Waals surface area contributed by atoms with Crippen LogP contribution in [0.15, 0.2) is 12.1 Å². The van der Waals surface area contributed by atoms with E-state index >= 15 is 0 Å². The average molecular weight is 272 g/mol. The third-order valence-corrected chi connectivity index (χ3v) is 3.59. The summed E-state index contributed by atoms with van der Waals surface area (Å²) < 4.78 is 15.3. The van der Waals surface area contributed by atoms with E-state index in [1.807, 2.05) is 12.1 Å². The van der Waals surface area contributed by atoms with Crippen molar-refractivity contribution in [1.82, 2.24) is 0 Å². The maximum atomic E-state index is 11.7. The zero-order valence-electron chi connectivity index (χ0n) is 10.9. The van der Waals surface area contributed by atoms with Crippen LogP contribution < -0.4 is 0 Å². The standard InChI is InChI=1S/C13H20O4S/c1-3-11-4-5-13(18-11)12(14)10-17-9-8-16-7-6-15-2/h4-5H,3,6-10H2,1-2H3. The zero-order valence-corrected chi connectivity index (χ0v) is 11.8. The second kappa shape index (κ2) is 9.22. The van der Waals surface area contributed by atoms with Crippen molar-refractivity contribution in [2.24, 2.45) is 0 Å². The van der Waals surface area contributed by atoms with E-state index in [1.165, 1.54) is 16.2 Å². The number of methoxy groups -OCH3 is 1. The van der Waals surface area contributed by atoms with Crippen LogP contribution in [0.5, 0.6) is 0 Å². The van der Waals surface area contributed by atoms with E-state index in [-0.39, 0.29) is 12.4 Å². The fourth-order valence-corrected chi connectivity index (χ4v) is 2.19. The van der Waals surface area contributed by atoms with Gasteiger partial charge in [-0.05, 0) is 18.6 Å². The first kappa shape index (κ1) is 15.3. The van der Waals surface area contributed by atoms with E-state index in [0.717, 1.165) is 11.3 Å². The van der Waals surface area contributed by atoms with Crippen LogP contribution in [-0.4, -0.2) is 45.9 Å². The average Bonchev–Trinajstić information content (AvgIpc) is 2.86. The van der Waals surface area contributed by atoms with Gasteiger partial charge in [0.15, 0.2) is 5.78 Å². The largest absolute Gasteiger partial charge is 0.382 e. The van der Waals surface area contributed by atoms with Crippen LogP contribution >= 0.6 is 11.3 Å². The van der Waals surface area contributed by atoms with E-state index in [1.54, 1.807) is 7.11 Å². The van der Waals surface area contributed by atoms with Crippen molar-refractivity contribution in [2.75, 3.05) is 40.1 Å². The number of carbonyl (C=O) groups excluding carboxylic acids is 1. The lowest BCUT2D eigenvalue weighted by atomic mass is 10.3. The van der Waals surface area contributed by atoms with Gasteiger partial charge in [0.05, 0.1) is 31.3 Å². The predicted molar refractivity (Wildman–Crippen MR) is 71.5 cm³/mol. The van der Waals surface area contributed by atoms with E-state index in [2.05, 4.69) is 6.92 Å². The Labute approximate surface area is 112 Å². The minimum Gasteiger partial charge on any atom is -0.382 e. The number of rotatable bonds is 10. The summed E-state index contributed by atoms with van der Waals surface area (Å²) >= 11 is 1.54. The van der Waals surface area contributed by atoms with Crippen molar-refractivity contribution in [1.29, 1.82) is 0 Å². The minimum atomic E-state index is 0.0385. The number of carbonyl (C=O) groups is 1. The first-order valence-corrected chi connectivity index (χ1v) is 6.86. The quantitative estimate of drug-likeness (QED) is 0.484. The molecule has 1 aromatic heterocycles. The van der Waals surface area contributed by atoms with E-state index in [4.69, 9.17) is 14.2 Å². The Morgan fingerprint density at radius 3 is 2.56 bits per heavy atom. The molecule has 0 saturated heterocycles. The van der Waals surface area contributed by atoms with Crippen molar-refractivity contribution in [3.05, 3.63) is 21.9 Å². The summed E-state index contributed by atoms with van der Waals surface area (Å²) in [5, 5.41) is 0. The normalized spacial score (nSPS) is 10.8. The molecule has 0 aliphatic carbocycles. The number of aryl methyl sites for hydroxylation is 1. The van der Waals surface area contributed by atoms with Crippen LogP contribution in [0.2, 0.25) is 0 Å². The highest BCUT2D eigenvalue weighted by molar-refractivity contribution is 7.14. The third kappa shape index (κ3) is 5.73. The Morgan fingerprint density at radius 1 is 1.17 bits per heavy atom. The lowest BCUT2D eigenvalue weighted by molar-refractivity contribution is 0.0254. The van der Waals surface area contributed by atoms with Gasteiger partial charge in [-0.2, -0.15) is 0 Å². The van der Waals surface area contributed by atoms with Gasteiger partial charge in [-0.25, -0.2) is 0 Å². The third-order valence-electron chi connectivity index (χ3n) is 2.32. The van der Waals surface area contributed by atoms with Crippen LogP contribution in [0.3, 0.4) is 0 Å². The lowest BCUT2D eigenvalue weighted by Gasteiger charge is -2.04. The Kier molecular flexibility index (Phi) is 7.84. The van der Waals surface area contributed by atoms with Gasteiger partial charge >= 0.3 is 0 Å². The van der Waals surface area contributed by atoms with Crippen LogP contribution in [0.1, 0.15) is 21.5 Å². The number of hydrogen-bond acceptors (Lipinski definition) is 5. The monoisotopic (exact) mass is 272 g/mol. The summed E-state index contributed by atoms with van der Waals surface area (Å²) in [5.41, 5.74) is 0. The predicted octanol–water partition coefficient (Wildman–Crippen LogP) is 2.17. The zero-order chi connectivity index (χ0) is 13.2. The van der Waals surface area contributed by atoms with Crippen molar-refractivity contribution in [3.63, 3.8) is 0 Å². The molecule has 4 nitrogen and oxygen atoms in total. The smallest absolute Gasteiger partial charge is 0.198 e. The SMILES string of the molecule is CCc1ccc(C(=O)COCCOCCOC)s1. The summed E-state index contributed by atoms with van der Waals surface area (Å²) in [6.07, 6.45) is 0.964. The molecule has 5 heteroatoms. The first-order valence-electron chi connectivity index (χ1n) is 6.04. The molecule has 1 aromatic rings. The van der Waals surface area contributed by atoms with Gasteiger partial charge in [-0.15, -0.1) is 11.3 Å². The van der Waals surface area contributed by atoms with Crippen molar-refractivity contribution >= 4 is 17.1 Å². The molecule has 18 heavy (non-hydrogen) atoms. The van der Waals surface area contributed by atoms with Gasteiger partial charge in [0.1, 0.15) is 6.61 Å². The van der Waals surface area contributed by atoms with Gasteiger partial charge in [-0.3, -0.25) is 4.79 Å². The van der Waals surface area contributed by atoms with Gasteiger partial charge in [0, 0.05) is 12.0 Å². The fourth-order valence-electron chi connectivity index (χ4n) is 1.32. The maximum absolute atomic E-state index is 11.7. The summed E-state index contributed by atoms with van der Waals surface area (Å²) in [4.78, 5) is 13.7. The number of hydrogen-bond donors (Lipinski definition) is 0. The van der Waals surface area contributed by atoms with Crippen LogP contribution in [0.25, 0.3) is 0 Å². The van der Waals surface area contributed by atoms with Crippen molar-refractivity contribution < 1.29 is 19.0 Å². The van der Waals surface area contributed by atoms with Crippen molar-refractivity contribution in [3.8, 4) is 0 Å². The second-order valence-electron chi connectivity index (χ2n) is 3.70. The van der Waals surface area contributed by atoms with E-state index < -0.39 is 0 Å². The Morgan fingerprint density at radius 2 is 1.89 bits per heavy atom. The molecule has 0 aromatic carbocycles. The first-order chi connectivity index (χ1) is 8.77. The highest BCUT2D eigenvalue weighted by Crippen LogP contribution is 2.17. The molecule has 102 valence electrons. The number of ketones is 1. The molecule has 1 rings (SSSR count). The lowest BCUT2D eigenvalue weighted by Crippen LogP contribution is -2.13. The van der Waals surface area contributed by atoms with Crippen LogP contribution in [0.4, 0.5) is 0 Å².